The van der Waals surface area contributed by atoms with E-state index in [9.17, 15) is 18.8 Å². The molecule has 3 aliphatic rings. The Bertz CT molecular complexity index is 965. The SMILES string of the molecule is CC(=O)OCC(=O)N1CCN(c2ccc(N3C[C@H](CNC(=S)CC4CC4)OC3=O)cc2F)CC1. The molecule has 1 aliphatic carbocycles. The average molecular weight is 493 g/mol. The summed E-state index contributed by atoms with van der Waals surface area (Å²) < 4.78 is 25.1. The maximum Gasteiger partial charge on any atom is 0.414 e. The zero-order chi connectivity index (χ0) is 24.2. The van der Waals surface area contributed by atoms with Crippen LogP contribution in [0.4, 0.5) is 20.6 Å². The van der Waals surface area contributed by atoms with Crippen molar-refractivity contribution >= 4 is 46.6 Å². The number of nitrogens with one attached hydrogen (secondary N) is 1. The number of esters is 1. The van der Waals surface area contributed by atoms with Gasteiger partial charge in [0.15, 0.2) is 6.61 Å². The van der Waals surface area contributed by atoms with Crippen molar-refractivity contribution in [3.8, 4) is 0 Å². The Hall–Kier alpha value is -2.95. The summed E-state index contributed by atoms with van der Waals surface area (Å²) in [6, 6.07) is 4.68. The number of carbonyl (C=O) groups excluding carboxylic acids is 3. The highest BCUT2D eigenvalue weighted by atomic mass is 32.1. The Kier molecular flexibility index (Phi) is 7.50. The van der Waals surface area contributed by atoms with Crippen LogP contribution in [0, 0.1) is 11.7 Å². The summed E-state index contributed by atoms with van der Waals surface area (Å²) in [6.07, 6.45) is 2.46. The van der Waals surface area contributed by atoms with E-state index in [4.69, 9.17) is 21.7 Å². The molecule has 3 fully saturated rings. The van der Waals surface area contributed by atoms with Crippen molar-refractivity contribution in [1.29, 1.82) is 0 Å². The van der Waals surface area contributed by atoms with Crippen molar-refractivity contribution in [2.75, 3.05) is 55.7 Å². The van der Waals surface area contributed by atoms with Crippen LogP contribution in [0.3, 0.4) is 0 Å². The van der Waals surface area contributed by atoms with E-state index in [-0.39, 0.29) is 18.6 Å². The summed E-state index contributed by atoms with van der Waals surface area (Å²) in [7, 11) is 0. The summed E-state index contributed by atoms with van der Waals surface area (Å²) in [5, 5.41) is 3.17. The van der Waals surface area contributed by atoms with Gasteiger partial charge in [-0.25, -0.2) is 9.18 Å². The lowest BCUT2D eigenvalue weighted by atomic mass is 10.2. The number of cyclic esters (lactones) is 1. The first-order valence-electron chi connectivity index (χ1n) is 11.5. The quantitative estimate of drug-likeness (QED) is 0.436. The van der Waals surface area contributed by atoms with Gasteiger partial charge in [0.2, 0.25) is 0 Å². The predicted octanol–water partition coefficient (Wildman–Crippen LogP) is 2.08. The van der Waals surface area contributed by atoms with Gasteiger partial charge < -0.3 is 24.6 Å². The third-order valence-electron chi connectivity index (χ3n) is 6.19. The molecule has 4 rings (SSSR count). The summed E-state index contributed by atoms with van der Waals surface area (Å²) in [5.41, 5.74) is 0.844. The van der Waals surface area contributed by atoms with Crippen LogP contribution in [0.25, 0.3) is 0 Å². The first-order chi connectivity index (χ1) is 16.3. The van der Waals surface area contributed by atoms with Gasteiger partial charge in [0.1, 0.15) is 11.9 Å². The third-order valence-corrected chi connectivity index (χ3v) is 6.50. The van der Waals surface area contributed by atoms with Gasteiger partial charge in [-0.05, 0) is 37.0 Å². The lowest BCUT2D eigenvalue weighted by Gasteiger charge is -2.36. The van der Waals surface area contributed by atoms with E-state index >= 15 is 0 Å². The summed E-state index contributed by atoms with van der Waals surface area (Å²) in [4.78, 5) is 41.0. The molecule has 2 heterocycles. The van der Waals surface area contributed by atoms with Crippen molar-refractivity contribution < 1.29 is 28.2 Å². The Morgan fingerprint density at radius 1 is 1.24 bits per heavy atom. The molecule has 0 aromatic heterocycles. The second kappa shape index (κ2) is 10.5. The molecule has 1 aromatic carbocycles. The summed E-state index contributed by atoms with van der Waals surface area (Å²) in [5.74, 6) is -0.531. The molecule has 2 saturated heterocycles. The van der Waals surface area contributed by atoms with Crippen LogP contribution in [-0.4, -0.2) is 79.8 Å². The smallest absolute Gasteiger partial charge is 0.414 e. The number of halogens is 1. The second-order valence-electron chi connectivity index (χ2n) is 8.85. The van der Waals surface area contributed by atoms with Gasteiger partial charge >= 0.3 is 12.1 Å². The first kappa shape index (κ1) is 24.2. The number of anilines is 2. The molecular weight excluding hydrogens is 463 g/mol. The number of hydrogen-bond acceptors (Lipinski definition) is 7. The molecule has 1 aromatic rings. The lowest BCUT2D eigenvalue weighted by molar-refractivity contribution is -0.150. The molecular formula is C23H29FN4O5S. The van der Waals surface area contributed by atoms with Gasteiger partial charge in [0.05, 0.1) is 29.5 Å². The number of benzene rings is 1. The van der Waals surface area contributed by atoms with Crippen LogP contribution in [0.1, 0.15) is 26.2 Å². The number of hydrogen-bond donors (Lipinski definition) is 1. The molecule has 0 spiro atoms. The van der Waals surface area contributed by atoms with Gasteiger partial charge in [-0.3, -0.25) is 14.5 Å². The third kappa shape index (κ3) is 6.13. The van der Waals surface area contributed by atoms with E-state index in [0.29, 0.717) is 56.6 Å². The highest BCUT2D eigenvalue weighted by Crippen LogP contribution is 2.32. The zero-order valence-electron chi connectivity index (χ0n) is 19.1. The summed E-state index contributed by atoms with van der Waals surface area (Å²) in [6.45, 7) is 3.42. The predicted molar refractivity (Wildman–Crippen MR) is 127 cm³/mol. The van der Waals surface area contributed by atoms with Crippen LogP contribution >= 0.6 is 12.2 Å². The van der Waals surface area contributed by atoms with Gasteiger partial charge in [-0.1, -0.05) is 12.2 Å². The number of nitrogens with zero attached hydrogens (tertiary/aromatic N) is 3. The Morgan fingerprint density at radius 3 is 2.62 bits per heavy atom. The highest BCUT2D eigenvalue weighted by molar-refractivity contribution is 7.80. The van der Waals surface area contributed by atoms with Crippen molar-refractivity contribution in [1.82, 2.24) is 10.2 Å². The second-order valence-corrected chi connectivity index (χ2v) is 9.34. The van der Waals surface area contributed by atoms with Crippen LogP contribution in [-0.2, 0) is 19.1 Å². The van der Waals surface area contributed by atoms with Crippen LogP contribution in [0.5, 0.6) is 0 Å². The lowest BCUT2D eigenvalue weighted by Crippen LogP contribution is -2.50. The fourth-order valence-electron chi connectivity index (χ4n) is 4.09. The first-order valence-corrected chi connectivity index (χ1v) is 11.9. The largest absolute Gasteiger partial charge is 0.456 e. The van der Waals surface area contributed by atoms with E-state index in [1.165, 1.54) is 30.7 Å². The van der Waals surface area contributed by atoms with E-state index in [0.717, 1.165) is 11.4 Å². The minimum Gasteiger partial charge on any atom is -0.456 e. The minimum absolute atomic E-state index is 0.268. The van der Waals surface area contributed by atoms with E-state index in [2.05, 4.69) is 5.32 Å². The molecule has 34 heavy (non-hydrogen) atoms. The molecule has 9 nitrogen and oxygen atoms in total. The number of thiocarbonyl (C=S) groups is 1. The standard InChI is InChI=1S/C23H29FN4O5S/c1-15(29)32-14-22(30)27-8-6-26(7-9-27)20-5-4-17(11-19(20)24)28-13-18(33-23(28)31)12-25-21(34)10-16-2-3-16/h4-5,11,16,18H,2-3,6-10,12-14H2,1H3,(H,25,34)/t18-/m0/s1. The van der Waals surface area contributed by atoms with Crippen LogP contribution in [0.2, 0.25) is 0 Å². The molecule has 0 bridgehead atoms. The molecule has 2 amide bonds. The highest BCUT2D eigenvalue weighted by Gasteiger charge is 2.33. The minimum atomic E-state index is -0.507. The maximum atomic E-state index is 15.0. The normalized spacial score (nSPS) is 20.2. The number of piperazine rings is 1. The average Bonchev–Trinajstić information content (AvgIpc) is 3.55. The van der Waals surface area contributed by atoms with E-state index < -0.39 is 17.9 Å². The Balaban J connectivity index is 1.29. The number of carbonyl (C=O) groups is 3. The molecule has 0 unspecified atom stereocenters. The van der Waals surface area contributed by atoms with Crippen molar-refractivity contribution in [3.63, 3.8) is 0 Å². The molecule has 2 aliphatic heterocycles. The number of ether oxygens (including phenoxy) is 2. The monoisotopic (exact) mass is 492 g/mol. The topological polar surface area (TPSA) is 91.4 Å². The Morgan fingerprint density at radius 2 is 1.97 bits per heavy atom. The van der Waals surface area contributed by atoms with E-state index in [1.807, 2.05) is 4.90 Å². The van der Waals surface area contributed by atoms with Gasteiger partial charge in [-0.2, -0.15) is 0 Å². The van der Waals surface area contributed by atoms with Gasteiger partial charge in [0.25, 0.3) is 5.91 Å². The molecule has 184 valence electrons. The van der Waals surface area contributed by atoms with E-state index in [1.54, 1.807) is 17.0 Å². The van der Waals surface area contributed by atoms with Crippen LogP contribution < -0.4 is 15.1 Å². The van der Waals surface area contributed by atoms with Crippen molar-refractivity contribution in [2.24, 2.45) is 5.92 Å². The molecule has 1 saturated carbocycles. The summed E-state index contributed by atoms with van der Waals surface area (Å²) >= 11 is 5.33. The number of rotatable bonds is 8. The molecule has 0 radical (unpaired) electrons. The van der Waals surface area contributed by atoms with Crippen LogP contribution in [0.15, 0.2) is 18.2 Å². The number of amides is 2. The molecule has 1 atom stereocenters. The maximum absolute atomic E-state index is 15.0. The molecule has 11 heteroatoms. The molecule has 1 N–H and O–H groups in total. The van der Waals surface area contributed by atoms with Gasteiger partial charge in [-0.15, -0.1) is 0 Å². The van der Waals surface area contributed by atoms with Crippen molar-refractivity contribution in [3.05, 3.63) is 24.0 Å². The van der Waals surface area contributed by atoms with Gasteiger partial charge in [0, 0.05) is 39.5 Å². The Labute approximate surface area is 203 Å². The fraction of sp³-hybridized carbons (Fsp3) is 0.565. The fourth-order valence-corrected chi connectivity index (χ4v) is 4.41. The van der Waals surface area contributed by atoms with Crippen molar-refractivity contribution in [2.45, 2.75) is 32.3 Å². The zero-order valence-corrected chi connectivity index (χ0v) is 19.9.